The van der Waals surface area contributed by atoms with E-state index in [2.05, 4.69) is 15.4 Å². The minimum absolute atomic E-state index is 0.212. The van der Waals surface area contributed by atoms with E-state index < -0.39 is 0 Å². The lowest BCUT2D eigenvalue weighted by molar-refractivity contribution is 0.102. The Kier molecular flexibility index (Phi) is 4.80. The number of carbonyl (C=O) groups excluding carboxylic acids is 1. The van der Waals surface area contributed by atoms with Crippen molar-refractivity contribution in [1.82, 2.24) is 14.8 Å². The Bertz CT molecular complexity index is 1060. The number of thiophene rings is 1. The highest BCUT2D eigenvalue weighted by Gasteiger charge is 2.19. The minimum Gasteiger partial charge on any atom is -0.306 e. The van der Waals surface area contributed by atoms with Gasteiger partial charge in [0.25, 0.3) is 5.91 Å². The highest BCUT2D eigenvalue weighted by atomic mass is 32.1. The van der Waals surface area contributed by atoms with Crippen LogP contribution in [0.15, 0.2) is 72.4 Å². The van der Waals surface area contributed by atoms with Gasteiger partial charge in [0.05, 0.1) is 17.0 Å². The Morgan fingerprint density at radius 1 is 1.15 bits per heavy atom. The Balaban J connectivity index is 1.66. The molecular weight excluding hydrogens is 356 g/mol. The van der Waals surface area contributed by atoms with Gasteiger partial charge in [-0.2, -0.15) is 5.10 Å². The number of benzene rings is 1. The molecule has 0 aliphatic rings. The van der Waals surface area contributed by atoms with Crippen molar-refractivity contribution in [2.45, 2.75) is 13.5 Å². The Morgan fingerprint density at radius 3 is 2.74 bits per heavy atom. The highest BCUT2D eigenvalue weighted by molar-refractivity contribution is 7.13. The summed E-state index contributed by atoms with van der Waals surface area (Å²) >= 11 is 1.56. The number of nitrogens with zero attached hydrogens (tertiary/aromatic N) is 3. The van der Waals surface area contributed by atoms with E-state index >= 15 is 0 Å². The van der Waals surface area contributed by atoms with Gasteiger partial charge in [0.1, 0.15) is 11.5 Å². The second kappa shape index (κ2) is 7.55. The van der Waals surface area contributed by atoms with Gasteiger partial charge in [0, 0.05) is 12.4 Å². The first kappa shape index (κ1) is 17.2. The molecule has 0 atom stereocenters. The molecule has 3 heterocycles. The lowest BCUT2D eigenvalue weighted by Gasteiger charge is -2.04. The molecule has 0 unspecified atom stereocenters. The minimum atomic E-state index is -0.212. The van der Waals surface area contributed by atoms with Gasteiger partial charge in [0.2, 0.25) is 0 Å². The zero-order valence-electron chi connectivity index (χ0n) is 14.8. The molecule has 0 bridgehead atoms. The number of aryl methyl sites for hydroxylation is 1. The molecule has 4 rings (SSSR count). The van der Waals surface area contributed by atoms with Gasteiger partial charge >= 0.3 is 0 Å². The zero-order chi connectivity index (χ0) is 18.6. The summed E-state index contributed by atoms with van der Waals surface area (Å²) in [6.45, 7) is 2.57. The van der Waals surface area contributed by atoms with E-state index in [0.717, 1.165) is 16.0 Å². The molecule has 1 amide bonds. The lowest BCUT2D eigenvalue weighted by Crippen LogP contribution is -2.13. The molecular formula is C21H18N4OS. The fourth-order valence-electron chi connectivity index (χ4n) is 2.82. The van der Waals surface area contributed by atoms with Crippen LogP contribution < -0.4 is 5.32 Å². The first-order valence-corrected chi connectivity index (χ1v) is 9.46. The Labute approximate surface area is 161 Å². The first-order valence-electron chi connectivity index (χ1n) is 8.58. The van der Waals surface area contributed by atoms with Crippen LogP contribution >= 0.6 is 11.3 Å². The molecule has 134 valence electrons. The summed E-state index contributed by atoms with van der Waals surface area (Å²) in [7, 11) is 0. The molecule has 0 spiro atoms. The predicted molar refractivity (Wildman–Crippen MR) is 108 cm³/mol. The monoisotopic (exact) mass is 374 g/mol. The SMILES string of the molecule is Cc1ccnc(NC(=O)c2cn(Cc3ccccc3)nc2-c2cccs2)c1. The average Bonchev–Trinajstić information content (AvgIpc) is 3.32. The van der Waals surface area contributed by atoms with Crippen LogP contribution in [0, 0.1) is 6.92 Å². The van der Waals surface area contributed by atoms with Crippen molar-refractivity contribution in [2.75, 3.05) is 5.32 Å². The lowest BCUT2D eigenvalue weighted by atomic mass is 10.2. The molecule has 5 nitrogen and oxygen atoms in total. The predicted octanol–water partition coefficient (Wildman–Crippen LogP) is 4.62. The molecule has 0 aliphatic heterocycles. The zero-order valence-corrected chi connectivity index (χ0v) is 15.6. The number of carbonyl (C=O) groups is 1. The Hall–Kier alpha value is -3.25. The number of amides is 1. The van der Waals surface area contributed by atoms with Crippen molar-refractivity contribution < 1.29 is 4.79 Å². The standard InChI is InChI=1S/C21H18N4OS/c1-15-9-10-22-19(12-15)23-21(26)17-14-25(13-16-6-3-2-4-7-16)24-20(17)18-8-5-11-27-18/h2-12,14H,13H2,1H3,(H,22,23,26). The van der Waals surface area contributed by atoms with Crippen molar-refractivity contribution in [3.8, 4) is 10.6 Å². The van der Waals surface area contributed by atoms with Crippen LogP contribution in [-0.4, -0.2) is 20.7 Å². The fraction of sp³-hybridized carbons (Fsp3) is 0.0952. The molecule has 3 aromatic heterocycles. The largest absolute Gasteiger partial charge is 0.306 e. The van der Waals surface area contributed by atoms with E-state index in [-0.39, 0.29) is 5.91 Å². The number of hydrogen-bond donors (Lipinski definition) is 1. The number of anilines is 1. The topological polar surface area (TPSA) is 59.8 Å². The average molecular weight is 374 g/mol. The van der Waals surface area contributed by atoms with Crippen molar-refractivity contribution in [1.29, 1.82) is 0 Å². The van der Waals surface area contributed by atoms with Crippen molar-refractivity contribution in [2.24, 2.45) is 0 Å². The molecule has 0 saturated carbocycles. The molecule has 27 heavy (non-hydrogen) atoms. The van der Waals surface area contributed by atoms with Gasteiger partial charge in [-0.05, 0) is 41.6 Å². The summed E-state index contributed by atoms with van der Waals surface area (Å²) in [5.41, 5.74) is 3.39. The van der Waals surface area contributed by atoms with Gasteiger partial charge in [0.15, 0.2) is 0 Å². The van der Waals surface area contributed by atoms with Crippen molar-refractivity contribution >= 4 is 23.1 Å². The van der Waals surface area contributed by atoms with Gasteiger partial charge in [-0.3, -0.25) is 9.48 Å². The summed E-state index contributed by atoms with van der Waals surface area (Å²) in [6, 6.07) is 17.7. The molecule has 0 radical (unpaired) electrons. The third kappa shape index (κ3) is 3.96. The van der Waals surface area contributed by atoms with E-state index in [9.17, 15) is 4.79 Å². The summed E-state index contributed by atoms with van der Waals surface area (Å²) in [5.74, 6) is 0.323. The van der Waals surface area contributed by atoms with Crippen LogP contribution in [0.5, 0.6) is 0 Å². The third-order valence-electron chi connectivity index (χ3n) is 4.11. The molecule has 0 saturated heterocycles. The summed E-state index contributed by atoms with van der Waals surface area (Å²) in [5, 5.41) is 9.54. The van der Waals surface area contributed by atoms with Crippen LogP contribution in [-0.2, 0) is 6.54 Å². The van der Waals surface area contributed by atoms with Crippen LogP contribution in [0.1, 0.15) is 21.5 Å². The van der Waals surface area contributed by atoms with E-state index in [0.29, 0.717) is 23.6 Å². The van der Waals surface area contributed by atoms with Crippen LogP contribution in [0.25, 0.3) is 10.6 Å². The van der Waals surface area contributed by atoms with Crippen molar-refractivity contribution in [3.05, 3.63) is 89.1 Å². The molecule has 4 aromatic rings. The summed E-state index contributed by atoms with van der Waals surface area (Å²) in [4.78, 5) is 18.1. The van der Waals surface area contributed by atoms with E-state index in [1.807, 2.05) is 71.6 Å². The maximum Gasteiger partial charge on any atom is 0.260 e. The molecule has 1 N–H and O–H groups in total. The smallest absolute Gasteiger partial charge is 0.260 e. The van der Waals surface area contributed by atoms with Gasteiger partial charge in [-0.25, -0.2) is 4.98 Å². The number of nitrogens with one attached hydrogen (secondary N) is 1. The molecule has 0 fully saturated rings. The highest BCUT2D eigenvalue weighted by Crippen LogP contribution is 2.27. The first-order chi connectivity index (χ1) is 13.2. The second-order valence-corrected chi connectivity index (χ2v) is 7.17. The normalized spacial score (nSPS) is 10.7. The number of aromatic nitrogens is 3. The van der Waals surface area contributed by atoms with Gasteiger partial charge < -0.3 is 5.32 Å². The Morgan fingerprint density at radius 2 is 2.00 bits per heavy atom. The van der Waals surface area contributed by atoms with Crippen LogP contribution in [0.3, 0.4) is 0 Å². The van der Waals surface area contributed by atoms with E-state index in [4.69, 9.17) is 0 Å². The van der Waals surface area contributed by atoms with E-state index in [1.54, 1.807) is 23.7 Å². The maximum atomic E-state index is 12.9. The van der Waals surface area contributed by atoms with Gasteiger partial charge in [-0.15, -0.1) is 11.3 Å². The number of pyridine rings is 1. The quantitative estimate of drug-likeness (QED) is 0.555. The van der Waals surface area contributed by atoms with E-state index in [1.165, 1.54) is 0 Å². The second-order valence-electron chi connectivity index (χ2n) is 6.22. The van der Waals surface area contributed by atoms with Gasteiger partial charge in [-0.1, -0.05) is 36.4 Å². The van der Waals surface area contributed by atoms with Crippen LogP contribution in [0.2, 0.25) is 0 Å². The maximum absolute atomic E-state index is 12.9. The van der Waals surface area contributed by atoms with Crippen LogP contribution in [0.4, 0.5) is 5.82 Å². The molecule has 0 aliphatic carbocycles. The number of rotatable bonds is 5. The molecule has 6 heteroatoms. The molecule has 1 aromatic carbocycles. The third-order valence-corrected chi connectivity index (χ3v) is 4.98. The fourth-order valence-corrected chi connectivity index (χ4v) is 3.55. The summed E-state index contributed by atoms with van der Waals surface area (Å²) < 4.78 is 1.81. The van der Waals surface area contributed by atoms with Crippen molar-refractivity contribution in [3.63, 3.8) is 0 Å². The number of hydrogen-bond acceptors (Lipinski definition) is 4. The summed E-state index contributed by atoms with van der Waals surface area (Å²) in [6.07, 6.45) is 3.48.